The quantitative estimate of drug-likeness (QED) is 0.754. The topological polar surface area (TPSA) is 75.6 Å². The second kappa shape index (κ2) is 6.73. The predicted octanol–water partition coefficient (Wildman–Crippen LogP) is 2.90. The molecular formula is C15H12F2N6. The molecule has 0 aliphatic rings. The van der Waals surface area contributed by atoms with Crippen molar-refractivity contribution in [3.05, 3.63) is 66.1 Å². The number of hydrogen-bond acceptors (Lipinski definition) is 6. The van der Waals surface area contributed by atoms with Gasteiger partial charge in [0.15, 0.2) is 5.82 Å². The van der Waals surface area contributed by atoms with Gasteiger partial charge < -0.3 is 10.6 Å². The number of nitrogens with one attached hydrogen (secondary N) is 2. The molecule has 0 spiro atoms. The van der Waals surface area contributed by atoms with Gasteiger partial charge in [0.2, 0.25) is 5.95 Å². The molecule has 6 nitrogen and oxygen atoms in total. The standard InChI is InChI=1S/C15H12F2N6/c16-11-3-4-13(12(17)6-11)21-14-9-20-23-15(22-14)19-8-10-2-1-5-18-7-10/h1-7,9H,8H2,(H2,19,21,22,23). The summed E-state index contributed by atoms with van der Waals surface area (Å²) in [6, 6.07) is 6.96. The van der Waals surface area contributed by atoms with Gasteiger partial charge in [-0.2, -0.15) is 10.1 Å². The van der Waals surface area contributed by atoms with Crippen LogP contribution < -0.4 is 10.6 Å². The molecule has 0 amide bonds. The molecule has 23 heavy (non-hydrogen) atoms. The van der Waals surface area contributed by atoms with Crippen LogP contribution in [0.5, 0.6) is 0 Å². The van der Waals surface area contributed by atoms with Gasteiger partial charge in [0.05, 0.1) is 11.9 Å². The third-order valence-corrected chi connectivity index (χ3v) is 2.93. The second-order valence-corrected chi connectivity index (χ2v) is 4.63. The summed E-state index contributed by atoms with van der Waals surface area (Å²) in [6.07, 6.45) is 4.75. The van der Waals surface area contributed by atoms with Crippen LogP contribution >= 0.6 is 0 Å². The first-order valence-electron chi connectivity index (χ1n) is 6.75. The van der Waals surface area contributed by atoms with Crippen LogP contribution in [-0.4, -0.2) is 20.2 Å². The van der Waals surface area contributed by atoms with Crippen molar-refractivity contribution < 1.29 is 8.78 Å². The summed E-state index contributed by atoms with van der Waals surface area (Å²) in [7, 11) is 0. The van der Waals surface area contributed by atoms with Crippen LogP contribution in [0, 0.1) is 11.6 Å². The maximum absolute atomic E-state index is 13.6. The normalized spacial score (nSPS) is 10.3. The number of hydrogen-bond donors (Lipinski definition) is 2. The van der Waals surface area contributed by atoms with Gasteiger partial charge in [0.1, 0.15) is 11.6 Å². The molecule has 0 saturated heterocycles. The number of nitrogens with zero attached hydrogens (tertiary/aromatic N) is 4. The number of halogens is 2. The summed E-state index contributed by atoms with van der Waals surface area (Å²) < 4.78 is 26.5. The fourth-order valence-electron chi connectivity index (χ4n) is 1.85. The maximum atomic E-state index is 13.6. The van der Waals surface area contributed by atoms with Gasteiger partial charge in [0.25, 0.3) is 0 Å². The van der Waals surface area contributed by atoms with E-state index in [2.05, 4.69) is 30.8 Å². The van der Waals surface area contributed by atoms with Crippen molar-refractivity contribution >= 4 is 17.5 Å². The zero-order valence-electron chi connectivity index (χ0n) is 11.9. The van der Waals surface area contributed by atoms with Gasteiger partial charge >= 0.3 is 0 Å². The summed E-state index contributed by atoms with van der Waals surface area (Å²) in [5.41, 5.74) is 1.06. The summed E-state index contributed by atoms with van der Waals surface area (Å²) >= 11 is 0. The molecule has 0 radical (unpaired) electrons. The molecule has 2 N–H and O–H groups in total. The third kappa shape index (κ3) is 3.94. The minimum atomic E-state index is -0.714. The lowest BCUT2D eigenvalue weighted by Crippen LogP contribution is -2.07. The van der Waals surface area contributed by atoms with Crippen LogP contribution in [0.1, 0.15) is 5.56 Å². The summed E-state index contributed by atoms with van der Waals surface area (Å²) in [6.45, 7) is 0.476. The van der Waals surface area contributed by atoms with Crippen molar-refractivity contribution in [2.24, 2.45) is 0 Å². The second-order valence-electron chi connectivity index (χ2n) is 4.63. The van der Waals surface area contributed by atoms with Crippen LogP contribution in [-0.2, 0) is 6.54 Å². The van der Waals surface area contributed by atoms with Crippen molar-refractivity contribution in [2.75, 3.05) is 10.6 Å². The lowest BCUT2D eigenvalue weighted by molar-refractivity contribution is 0.586. The van der Waals surface area contributed by atoms with E-state index in [4.69, 9.17) is 0 Å². The highest BCUT2D eigenvalue weighted by Crippen LogP contribution is 2.19. The van der Waals surface area contributed by atoms with E-state index in [-0.39, 0.29) is 11.6 Å². The summed E-state index contributed by atoms with van der Waals surface area (Å²) in [4.78, 5) is 8.18. The smallest absolute Gasteiger partial charge is 0.244 e. The Morgan fingerprint density at radius 1 is 1.09 bits per heavy atom. The fraction of sp³-hybridized carbons (Fsp3) is 0.0667. The van der Waals surface area contributed by atoms with E-state index < -0.39 is 11.6 Å². The lowest BCUT2D eigenvalue weighted by atomic mass is 10.3. The Balaban J connectivity index is 1.69. The van der Waals surface area contributed by atoms with Crippen LogP contribution in [0.2, 0.25) is 0 Å². The van der Waals surface area contributed by atoms with Gasteiger partial charge in [-0.3, -0.25) is 4.98 Å². The zero-order chi connectivity index (χ0) is 16.1. The van der Waals surface area contributed by atoms with Gasteiger partial charge in [0, 0.05) is 25.0 Å². The van der Waals surface area contributed by atoms with E-state index in [1.54, 1.807) is 12.4 Å². The maximum Gasteiger partial charge on any atom is 0.244 e. The first-order valence-corrected chi connectivity index (χ1v) is 6.75. The van der Waals surface area contributed by atoms with E-state index in [1.807, 2.05) is 12.1 Å². The highest BCUT2D eigenvalue weighted by molar-refractivity contribution is 5.56. The minimum Gasteiger partial charge on any atom is -0.349 e. The number of anilines is 3. The summed E-state index contributed by atoms with van der Waals surface area (Å²) in [5.74, 6) is -0.790. The predicted molar refractivity (Wildman–Crippen MR) is 81.0 cm³/mol. The van der Waals surface area contributed by atoms with Gasteiger partial charge in [-0.15, -0.1) is 5.10 Å². The van der Waals surface area contributed by atoms with Crippen molar-refractivity contribution in [2.45, 2.75) is 6.54 Å². The summed E-state index contributed by atoms with van der Waals surface area (Å²) in [5, 5.41) is 13.4. The van der Waals surface area contributed by atoms with E-state index in [9.17, 15) is 8.78 Å². The molecular weight excluding hydrogens is 302 g/mol. The van der Waals surface area contributed by atoms with Crippen molar-refractivity contribution in [3.63, 3.8) is 0 Å². The van der Waals surface area contributed by atoms with Crippen LogP contribution in [0.25, 0.3) is 0 Å². The largest absolute Gasteiger partial charge is 0.349 e. The van der Waals surface area contributed by atoms with Crippen LogP contribution in [0.15, 0.2) is 48.9 Å². The van der Waals surface area contributed by atoms with E-state index in [1.165, 1.54) is 12.3 Å². The van der Waals surface area contributed by atoms with E-state index >= 15 is 0 Å². The SMILES string of the molecule is Fc1ccc(Nc2cnnc(NCc3cccnc3)n2)c(F)c1. The van der Waals surface area contributed by atoms with Crippen molar-refractivity contribution in [3.8, 4) is 0 Å². The molecule has 1 aromatic carbocycles. The Hall–Kier alpha value is -3.16. The third-order valence-electron chi connectivity index (χ3n) is 2.93. The molecule has 0 saturated carbocycles. The molecule has 0 aliphatic carbocycles. The zero-order valence-corrected chi connectivity index (χ0v) is 11.9. The first-order chi connectivity index (χ1) is 11.2. The molecule has 8 heteroatoms. The number of benzene rings is 1. The Morgan fingerprint density at radius 3 is 2.78 bits per heavy atom. The monoisotopic (exact) mass is 314 g/mol. The molecule has 3 rings (SSSR count). The van der Waals surface area contributed by atoms with Crippen molar-refractivity contribution in [1.82, 2.24) is 20.2 Å². The van der Waals surface area contributed by atoms with Crippen molar-refractivity contribution in [1.29, 1.82) is 0 Å². The molecule has 0 unspecified atom stereocenters. The first kappa shape index (κ1) is 14.8. The van der Waals surface area contributed by atoms with Crippen LogP contribution in [0.4, 0.5) is 26.2 Å². The average molecular weight is 314 g/mol. The Bertz CT molecular complexity index is 797. The molecule has 0 fully saturated rings. The molecule has 0 aliphatic heterocycles. The molecule has 2 heterocycles. The fourth-order valence-corrected chi connectivity index (χ4v) is 1.85. The minimum absolute atomic E-state index is 0.102. The van der Waals surface area contributed by atoms with Gasteiger partial charge in [-0.05, 0) is 23.8 Å². The lowest BCUT2D eigenvalue weighted by Gasteiger charge is -2.08. The Labute approximate surface area is 130 Å². The number of pyridine rings is 1. The molecule has 2 aromatic heterocycles. The van der Waals surface area contributed by atoms with E-state index in [0.717, 1.165) is 17.7 Å². The molecule has 0 atom stereocenters. The van der Waals surface area contributed by atoms with Gasteiger partial charge in [-0.1, -0.05) is 6.07 Å². The Kier molecular flexibility index (Phi) is 4.32. The molecule has 3 aromatic rings. The number of rotatable bonds is 5. The highest BCUT2D eigenvalue weighted by Gasteiger charge is 2.06. The highest BCUT2D eigenvalue weighted by atomic mass is 19.1. The average Bonchev–Trinajstić information content (AvgIpc) is 2.57. The molecule has 116 valence electrons. The van der Waals surface area contributed by atoms with E-state index in [0.29, 0.717) is 12.4 Å². The molecule has 0 bridgehead atoms. The van der Waals surface area contributed by atoms with Gasteiger partial charge in [-0.25, -0.2) is 8.78 Å². The van der Waals surface area contributed by atoms with Crippen LogP contribution in [0.3, 0.4) is 0 Å². The Morgan fingerprint density at radius 2 is 2.00 bits per heavy atom. The number of aromatic nitrogens is 4.